The molecule has 0 spiro atoms. The molecule has 2 atom stereocenters. The molecule has 114 valence electrons. The number of rotatable bonds is 2. The van der Waals surface area contributed by atoms with Gasteiger partial charge in [0.1, 0.15) is 5.82 Å². The number of nitrogens with zero attached hydrogens (tertiary/aromatic N) is 3. The summed E-state index contributed by atoms with van der Waals surface area (Å²) in [5.74, 6) is 1.63. The van der Waals surface area contributed by atoms with E-state index in [0.717, 1.165) is 37.3 Å². The molecule has 1 saturated carbocycles. The van der Waals surface area contributed by atoms with E-state index < -0.39 is 0 Å². The molecular formula is C16H24N4O. The van der Waals surface area contributed by atoms with Gasteiger partial charge >= 0.3 is 0 Å². The van der Waals surface area contributed by atoms with Gasteiger partial charge in [0.15, 0.2) is 0 Å². The number of carbonyl (C=O) groups excluding carboxylic acids is 1. The third-order valence-corrected chi connectivity index (χ3v) is 4.54. The Morgan fingerprint density at radius 3 is 2.62 bits per heavy atom. The number of carbonyl (C=O) groups is 1. The quantitative estimate of drug-likeness (QED) is 0.901. The number of hydrogen-bond donors (Lipinski definition) is 1. The molecule has 1 aliphatic heterocycles. The predicted molar refractivity (Wildman–Crippen MR) is 84.1 cm³/mol. The Labute approximate surface area is 126 Å². The van der Waals surface area contributed by atoms with Crippen LogP contribution < -0.4 is 10.6 Å². The monoisotopic (exact) mass is 288 g/mol. The molecule has 0 unspecified atom stereocenters. The number of piperazine rings is 1. The van der Waals surface area contributed by atoms with Crippen LogP contribution in [0.25, 0.3) is 0 Å². The van der Waals surface area contributed by atoms with E-state index in [1.165, 1.54) is 0 Å². The van der Waals surface area contributed by atoms with Crippen molar-refractivity contribution in [2.75, 3.05) is 23.7 Å². The van der Waals surface area contributed by atoms with Crippen molar-refractivity contribution in [2.45, 2.75) is 45.7 Å². The van der Waals surface area contributed by atoms with E-state index in [1.54, 1.807) is 6.20 Å². The van der Waals surface area contributed by atoms with E-state index in [1.807, 2.05) is 13.0 Å². The first kappa shape index (κ1) is 14.2. The van der Waals surface area contributed by atoms with E-state index >= 15 is 0 Å². The van der Waals surface area contributed by atoms with Gasteiger partial charge in [-0.3, -0.25) is 4.79 Å². The number of hydrogen-bond acceptors (Lipinski definition) is 4. The molecule has 21 heavy (non-hydrogen) atoms. The summed E-state index contributed by atoms with van der Waals surface area (Å²) in [4.78, 5) is 21.2. The van der Waals surface area contributed by atoms with Crippen molar-refractivity contribution in [3.63, 3.8) is 0 Å². The van der Waals surface area contributed by atoms with Crippen LogP contribution in [-0.4, -0.2) is 41.0 Å². The van der Waals surface area contributed by atoms with Crippen LogP contribution in [0.3, 0.4) is 0 Å². The number of aromatic nitrogens is 1. The van der Waals surface area contributed by atoms with E-state index in [-0.39, 0.29) is 12.1 Å². The topological polar surface area (TPSA) is 62.5 Å². The number of pyridine rings is 1. The molecule has 1 aliphatic carbocycles. The standard InChI is InChI=1S/C16H24N4O/c1-10-6-14(17)7-18-15(10)19-8-12(3)20(9-11(19)2)16(21)13-4-5-13/h6-7,11-13H,4-5,8-9,17H2,1-3H3/t11-,12+/m0/s1. The molecule has 1 saturated heterocycles. The highest BCUT2D eigenvalue weighted by molar-refractivity contribution is 5.81. The fraction of sp³-hybridized carbons (Fsp3) is 0.625. The molecule has 2 fully saturated rings. The molecular weight excluding hydrogens is 264 g/mol. The highest BCUT2D eigenvalue weighted by Gasteiger charge is 2.39. The Balaban J connectivity index is 1.78. The van der Waals surface area contributed by atoms with Crippen molar-refractivity contribution >= 4 is 17.4 Å². The molecule has 1 aromatic heterocycles. The first-order valence-corrected chi connectivity index (χ1v) is 7.76. The fourth-order valence-corrected chi connectivity index (χ4v) is 3.18. The van der Waals surface area contributed by atoms with Gasteiger partial charge in [-0.15, -0.1) is 0 Å². The third kappa shape index (κ3) is 2.69. The van der Waals surface area contributed by atoms with E-state index in [0.29, 0.717) is 17.5 Å². The van der Waals surface area contributed by atoms with E-state index in [4.69, 9.17) is 5.73 Å². The van der Waals surface area contributed by atoms with Gasteiger partial charge in [0.05, 0.1) is 11.9 Å². The average Bonchev–Trinajstić information content (AvgIpc) is 3.25. The maximum Gasteiger partial charge on any atom is 0.226 e. The SMILES string of the molecule is Cc1cc(N)cnc1N1C[C@@H](C)N(C(=O)C2CC2)C[C@@H]1C. The largest absolute Gasteiger partial charge is 0.397 e. The molecule has 1 amide bonds. The number of nitrogen functional groups attached to an aromatic ring is 1. The fourth-order valence-electron chi connectivity index (χ4n) is 3.18. The molecule has 2 N–H and O–H groups in total. The van der Waals surface area contributed by atoms with Gasteiger partial charge in [0.25, 0.3) is 0 Å². The van der Waals surface area contributed by atoms with Crippen LogP contribution in [-0.2, 0) is 4.79 Å². The average molecular weight is 288 g/mol. The van der Waals surface area contributed by atoms with Gasteiger partial charge in [0, 0.05) is 31.1 Å². The lowest BCUT2D eigenvalue weighted by Crippen LogP contribution is -2.58. The number of amides is 1. The third-order valence-electron chi connectivity index (χ3n) is 4.54. The Bertz CT molecular complexity index is 555. The first-order valence-electron chi connectivity index (χ1n) is 7.76. The van der Waals surface area contributed by atoms with Crippen molar-refractivity contribution in [1.82, 2.24) is 9.88 Å². The zero-order valence-electron chi connectivity index (χ0n) is 13.0. The van der Waals surface area contributed by atoms with Gasteiger partial charge in [-0.05, 0) is 45.2 Å². The summed E-state index contributed by atoms with van der Waals surface area (Å²) in [6, 6.07) is 2.47. The smallest absolute Gasteiger partial charge is 0.226 e. The summed E-state index contributed by atoms with van der Waals surface area (Å²) in [7, 11) is 0. The second kappa shape index (κ2) is 5.20. The Hall–Kier alpha value is -1.78. The summed E-state index contributed by atoms with van der Waals surface area (Å²) < 4.78 is 0. The van der Waals surface area contributed by atoms with Crippen LogP contribution in [0, 0.1) is 12.8 Å². The van der Waals surface area contributed by atoms with Crippen molar-refractivity contribution < 1.29 is 4.79 Å². The Kier molecular flexibility index (Phi) is 3.51. The van der Waals surface area contributed by atoms with Crippen molar-refractivity contribution in [3.8, 4) is 0 Å². The summed E-state index contributed by atoms with van der Waals surface area (Å²) in [6.07, 6.45) is 3.85. The highest BCUT2D eigenvalue weighted by Crippen LogP contribution is 2.33. The molecule has 0 aromatic carbocycles. The van der Waals surface area contributed by atoms with Crippen LogP contribution in [0.1, 0.15) is 32.3 Å². The molecule has 5 heteroatoms. The molecule has 3 rings (SSSR count). The minimum Gasteiger partial charge on any atom is -0.397 e. The van der Waals surface area contributed by atoms with E-state index in [2.05, 4.69) is 28.6 Å². The van der Waals surface area contributed by atoms with Crippen LogP contribution in [0.2, 0.25) is 0 Å². The normalized spacial score (nSPS) is 26.0. The number of aryl methyl sites for hydroxylation is 1. The number of nitrogens with two attached hydrogens (primary N) is 1. The lowest BCUT2D eigenvalue weighted by molar-refractivity contribution is -0.135. The van der Waals surface area contributed by atoms with Gasteiger partial charge in [-0.25, -0.2) is 4.98 Å². The Morgan fingerprint density at radius 1 is 1.29 bits per heavy atom. The minimum atomic E-state index is 0.230. The number of anilines is 2. The maximum atomic E-state index is 12.3. The summed E-state index contributed by atoms with van der Waals surface area (Å²) >= 11 is 0. The summed E-state index contributed by atoms with van der Waals surface area (Å²) in [5, 5.41) is 0. The molecule has 0 radical (unpaired) electrons. The second-order valence-corrected chi connectivity index (χ2v) is 6.52. The summed E-state index contributed by atoms with van der Waals surface area (Å²) in [5.41, 5.74) is 7.57. The molecule has 0 bridgehead atoms. The van der Waals surface area contributed by atoms with E-state index in [9.17, 15) is 4.79 Å². The van der Waals surface area contributed by atoms with Crippen LogP contribution >= 0.6 is 0 Å². The Morgan fingerprint density at radius 2 is 2.00 bits per heavy atom. The lowest BCUT2D eigenvalue weighted by atomic mass is 10.1. The maximum absolute atomic E-state index is 12.3. The van der Waals surface area contributed by atoms with Gasteiger partial charge in [-0.1, -0.05) is 0 Å². The zero-order valence-corrected chi connectivity index (χ0v) is 13.0. The molecule has 2 aliphatic rings. The molecule has 2 heterocycles. The lowest BCUT2D eigenvalue weighted by Gasteiger charge is -2.45. The van der Waals surface area contributed by atoms with Crippen LogP contribution in [0.5, 0.6) is 0 Å². The highest BCUT2D eigenvalue weighted by atomic mass is 16.2. The second-order valence-electron chi connectivity index (χ2n) is 6.52. The van der Waals surface area contributed by atoms with Gasteiger partial charge in [0.2, 0.25) is 5.91 Å². The molecule has 5 nitrogen and oxygen atoms in total. The van der Waals surface area contributed by atoms with Gasteiger partial charge < -0.3 is 15.5 Å². The first-order chi connectivity index (χ1) is 9.97. The van der Waals surface area contributed by atoms with Crippen LogP contribution in [0.4, 0.5) is 11.5 Å². The van der Waals surface area contributed by atoms with Crippen molar-refractivity contribution in [1.29, 1.82) is 0 Å². The minimum absolute atomic E-state index is 0.230. The zero-order chi connectivity index (χ0) is 15.1. The van der Waals surface area contributed by atoms with Gasteiger partial charge in [-0.2, -0.15) is 0 Å². The summed E-state index contributed by atoms with van der Waals surface area (Å²) in [6.45, 7) is 7.94. The van der Waals surface area contributed by atoms with Crippen molar-refractivity contribution in [3.05, 3.63) is 17.8 Å². The predicted octanol–water partition coefficient (Wildman–Crippen LogP) is 1.81. The van der Waals surface area contributed by atoms with Crippen molar-refractivity contribution in [2.24, 2.45) is 5.92 Å². The van der Waals surface area contributed by atoms with Crippen LogP contribution in [0.15, 0.2) is 12.3 Å². The molecule has 1 aromatic rings.